The number of para-hydroxylation sites is 4. The maximum atomic E-state index is 14.4. The normalized spacial score (nSPS) is 12.0. The number of fused-ring (bicyclic) bond motifs is 8. The van der Waals surface area contributed by atoms with Gasteiger partial charge in [0.1, 0.15) is 23.0 Å². The van der Waals surface area contributed by atoms with Gasteiger partial charge in [-0.3, -0.25) is 19.2 Å². The standard InChI is InChI=1S/C88H108N12O8S8/c1-85(2,3)57-45-65-77(105-53-73(101)89-37-25-41-93-81(109)97-61-29-17-13-18-30-61)66(46-57)114-68-48-59(87(7,8)9)50-70(79(68)107-55-75(103)91-39-27-43-95-83(111)99-63-33-21-15-22-34-63)116-72-52-60(88(10,11)12)51-71(80(72)108-56-76(104)92-40-28-44-96-84(112)100-64-35-23-16-24-36-64)115-69-49-58(86(4,5)6)47-67(113-65)78(69)106-54-74(102)90-38-26-42-94-82(110)98-62-31-19-14-20-32-62/h13-24,29-36,45-52H,25-28,37-44,53-56H2,1-12H3,(H,89,101)(H,90,102)(H,91,103)(H,92,104)(H2,93,97,109)(H2,94,98,110)(H2,95,99,111)(H2,96,100,112). The predicted molar refractivity (Wildman–Crippen MR) is 492 cm³/mol. The molecule has 1 aliphatic heterocycles. The summed E-state index contributed by atoms with van der Waals surface area (Å²) in [5, 5.41) is 39.9. The van der Waals surface area contributed by atoms with Gasteiger partial charge < -0.3 is 82.7 Å². The molecule has 0 aliphatic carbocycles. The van der Waals surface area contributed by atoms with Crippen LogP contribution in [0.3, 0.4) is 0 Å². The lowest BCUT2D eigenvalue weighted by Crippen LogP contribution is -2.34. The van der Waals surface area contributed by atoms with Crippen LogP contribution in [0.5, 0.6) is 23.0 Å². The van der Waals surface area contributed by atoms with E-state index < -0.39 is 21.7 Å². The van der Waals surface area contributed by atoms with E-state index in [-0.39, 0.29) is 50.1 Å². The molecule has 12 N–H and O–H groups in total. The third kappa shape index (κ3) is 29.9. The molecule has 8 aromatic rings. The number of hydrogen-bond acceptors (Lipinski definition) is 16. The molecule has 0 atom stereocenters. The summed E-state index contributed by atoms with van der Waals surface area (Å²) in [6.07, 6.45) is 2.25. The van der Waals surface area contributed by atoms with Crippen LogP contribution in [0.2, 0.25) is 0 Å². The summed E-state index contributed by atoms with van der Waals surface area (Å²) >= 11 is 28.0. The number of thiocarbonyl (C=S) groups is 4. The van der Waals surface area contributed by atoms with Gasteiger partial charge in [-0.1, -0.05) is 203 Å². The molecular weight excluding hydrogens is 1610 g/mol. The van der Waals surface area contributed by atoms with Crippen LogP contribution in [-0.4, -0.2) is 123 Å². The smallest absolute Gasteiger partial charge is 0.257 e. The SMILES string of the molecule is CC(C)(C)c1cc2c(OCC(=O)NCCCNC(=S)Nc3ccccc3)c(c1)Sc1cc(C(C)(C)C)cc(c1OCC(=O)NCCCNC(=S)Nc1ccccc1)Sc1cc(C(C)(C)C)cc(c1OCC(=O)NCCCNC(=S)Nc1ccccc1)Sc1cc(C(C)(C)C)cc(c1OCC(=O)NCCCNC(=S)Nc1ccccc1)S2. The number of anilines is 4. The number of hydrogen-bond donors (Lipinski definition) is 12. The van der Waals surface area contributed by atoms with Gasteiger partial charge in [-0.25, -0.2) is 0 Å². The van der Waals surface area contributed by atoms with Crippen LogP contribution in [0.1, 0.15) is 131 Å². The average Bonchev–Trinajstić information content (AvgIpc) is 0.768. The molecule has 0 fully saturated rings. The zero-order valence-electron chi connectivity index (χ0n) is 68.0. The van der Waals surface area contributed by atoms with Crippen molar-refractivity contribution >= 4 is 163 Å². The summed E-state index contributed by atoms with van der Waals surface area (Å²) in [5.41, 5.74) is 5.39. The molecule has 1 heterocycles. The van der Waals surface area contributed by atoms with Crippen molar-refractivity contribution in [1.82, 2.24) is 42.5 Å². The fourth-order valence-corrected chi connectivity index (χ4v) is 17.0. The number of amides is 4. The molecule has 0 unspecified atom stereocenters. The van der Waals surface area contributed by atoms with E-state index in [0.29, 0.717) is 161 Å². The second-order valence-corrected chi connectivity index (χ2v) is 37.5. The van der Waals surface area contributed by atoms with Gasteiger partial charge >= 0.3 is 0 Å². The van der Waals surface area contributed by atoms with E-state index in [0.717, 1.165) is 45.0 Å². The number of ether oxygens (including phenoxy) is 4. The molecule has 8 bridgehead atoms. The summed E-state index contributed by atoms with van der Waals surface area (Å²) in [6, 6.07) is 55.5. The highest BCUT2D eigenvalue weighted by molar-refractivity contribution is 8.01. The van der Waals surface area contributed by atoms with Crippen molar-refractivity contribution in [3.05, 3.63) is 192 Å². The van der Waals surface area contributed by atoms with E-state index in [2.05, 4.69) is 195 Å². The lowest BCUT2D eigenvalue weighted by atomic mass is 9.87. The Morgan fingerprint density at radius 2 is 0.431 bits per heavy atom. The molecule has 1 aliphatic rings. The Balaban J connectivity index is 1.14. The molecule has 9 rings (SSSR count). The minimum atomic E-state index is -0.463. The molecule has 0 saturated carbocycles. The van der Waals surface area contributed by atoms with Crippen molar-refractivity contribution in [2.75, 3.05) is 100 Å². The van der Waals surface area contributed by atoms with Crippen LogP contribution in [0.4, 0.5) is 22.7 Å². The number of rotatable bonds is 32. The number of benzene rings is 8. The average molecular weight is 1720 g/mol. The Bertz CT molecular complexity index is 4010. The predicted octanol–water partition coefficient (Wildman–Crippen LogP) is 17.3. The Labute approximate surface area is 722 Å². The van der Waals surface area contributed by atoms with Gasteiger partial charge in [-0.15, -0.1) is 0 Å². The Morgan fingerprint density at radius 3 is 0.595 bits per heavy atom. The van der Waals surface area contributed by atoms with Crippen LogP contribution < -0.4 is 82.7 Å². The lowest BCUT2D eigenvalue weighted by Gasteiger charge is -2.28. The van der Waals surface area contributed by atoms with Crippen LogP contribution in [0.25, 0.3) is 0 Å². The van der Waals surface area contributed by atoms with E-state index in [1.54, 1.807) is 0 Å². The summed E-state index contributed by atoms with van der Waals surface area (Å²) in [7, 11) is 0. The highest BCUT2D eigenvalue weighted by Crippen LogP contribution is 2.57. The zero-order chi connectivity index (χ0) is 83.4. The van der Waals surface area contributed by atoms with E-state index in [4.69, 9.17) is 67.8 Å². The van der Waals surface area contributed by atoms with Crippen LogP contribution in [0.15, 0.2) is 209 Å². The van der Waals surface area contributed by atoms with Gasteiger partial charge in [0.15, 0.2) is 46.9 Å². The fraction of sp³-hybridized carbons (Fsp3) is 0.364. The molecule has 0 spiro atoms. The van der Waals surface area contributed by atoms with Crippen LogP contribution >= 0.6 is 95.9 Å². The second-order valence-electron chi connectivity index (χ2n) is 31.6. The van der Waals surface area contributed by atoms with Gasteiger partial charge in [0, 0.05) is 75.1 Å². The van der Waals surface area contributed by atoms with E-state index >= 15 is 0 Å². The largest absolute Gasteiger partial charge is 0.481 e. The first kappa shape index (κ1) is 90.9. The molecule has 20 nitrogen and oxygen atoms in total. The van der Waals surface area contributed by atoms with Crippen molar-refractivity contribution in [3.8, 4) is 23.0 Å². The van der Waals surface area contributed by atoms with Gasteiger partial charge in [0.05, 0.1) is 39.2 Å². The van der Waals surface area contributed by atoms with Crippen molar-refractivity contribution in [2.24, 2.45) is 0 Å². The molecule has 116 heavy (non-hydrogen) atoms. The lowest BCUT2D eigenvalue weighted by molar-refractivity contribution is -0.123. The Hall–Kier alpha value is -9.00. The number of nitrogens with one attached hydrogen (secondary N) is 12. The van der Waals surface area contributed by atoms with Crippen LogP contribution in [-0.2, 0) is 40.8 Å². The van der Waals surface area contributed by atoms with Crippen molar-refractivity contribution < 1.29 is 38.1 Å². The highest BCUT2D eigenvalue weighted by atomic mass is 32.2. The first-order chi connectivity index (χ1) is 55.3. The molecule has 616 valence electrons. The van der Waals surface area contributed by atoms with Crippen molar-refractivity contribution in [2.45, 2.75) is 170 Å². The minimum absolute atomic E-state index is 0.327. The molecule has 4 amide bonds. The maximum Gasteiger partial charge on any atom is 0.257 e. The summed E-state index contributed by atoms with van der Waals surface area (Å²) in [4.78, 5) is 62.7. The number of carbonyl (C=O) groups is 4. The van der Waals surface area contributed by atoms with Gasteiger partial charge in [-0.2, -0.15) is 0 Å². The van der Waals surface area contributed by atoms with E-state index in [1.807, 2.05) is 121 Å². The monoisotopic (exact) mass is 1720 g/mol. The quantitative estimate of drug-likeness (QED) is 0.0138. The van der Waals surface area contributed by atoms with E-state index in [1.165, 1.54) is 47.0 Å². The van der Waals surface area contributed by atoms with Crippen molar-refractivity contribution in [1.29, 1.82) is 0 Å². The fourth-order valence-electron chi connectivity index (χ4n) is 11.3. The molecule has 28 heteroatoms. The third-order valence-electron chi connectivity index (χ3n) is 17.8. The van der Waals surface area contributed by atoms with Crippen LogP contribution in [0, 0.1) is 0 Å². The summed E-state index contributed by atoms with van der Waals surface area (Å²) < 4.78 is 28.1. The highest BCUT2D eigenvalue weighted by Gasteiger charge is 2.32. The molecular formula is C88H108N12O8S8. The molecule has 8 aromatic carbocycles. The van der Waals surface area contributed by atoms with Gasteiger partial charge in [0.25, 0.3) is 23.6 Å². The third-order valence-corrected chi connectivity index (χ3v) is 23.0. The topological polar surface area (TPSA) is 250 Å². The molecule has 0 aromatic heterocycles. The second kappa shape index (κ2) is 44.0. The minimum Gasteiger partial charge on any atom is -0.481 e. The number of carbonyl (C=O) groups excluding carboxylic acids is 4. The summed E-state index contributed by atoms with van der Waals surface area (Å²) in [5.74, 6) is 0.213. The van der Waals surface area contributed by atoms with Gasteiger partial charge in [-0.05, 0) is 216 Å². The van der Waals surface area contributed by atoms with Crippen molar-refractivity contribution in [3.63, 3.8) is 0 Å². The molecule has 0 saturated heterocycles. The van der Waals surface area contributed by atoms with E-state index in [9.17, 15) is 19.2 Å². The summed E-state index contributed by atoms with van der Waals surface area (Å²) in [6.45, 7) is 27.6. The zero-order valence-corrected chi connectivity index (χ0v) is 74.5. The molecule has 0 radical (unpaired) electrons. The maximum absolute atomic E-state index is 14.4. The van der Waals surface area contributed by atoms with Gasteiger partial charge in [0.2, 0.25) is 0 Å². The Morgan fingerprint density at radius 1 is 0.267 bits per heavy atom. The first-order valence-electron chi connectivity index (χ1n) is 38.7. The first-order valence-corrected chi connectivity index (χ1v) is 43.6. The Kier molecular flexibility index (Phi) is 34.5.